The zero-order chi connectivity index (χ0) is 8.53. The summed E-state index contributed by atoms with van der Waals surface area (Å²) in [7, 11) is 0. The van der Waals surface area contributed by atoms with E-state index in [0.717, 1.165) is 0 Å². The monoisotopic (exact) mass is 150 g/mol. The van der Waals surface area contributed by atoms with Crippen molar-refractivity contribution in [2.75, 3.05) is 0 Å². The van der Waals surface area contributed by atoms with Crippen LogP contribution in [0.2, 0.25) is 0 Å². The van der Waals surface area contributed by atoms with Gasteiger partial charge >= 0.3 is 0 Å². The van der Waals surface area contributed by atoms with Gasteiger partial charge in [-0.05, 0) is 19.9 Å². The predicted molar refractivity (Wildman–Crippen MR) is 50.4 cm³/mol. The van der Waals surface area contributed by atoms with E-state index in [1.54, 1.807) is 30.9 Å². The molecule has 1 N–H and O–H groups in total. The largest absolute Gasteiger partial charge is 0.353 e. The molecule has 0 aromatic rings. The lowest BCUT2D eigenvalue weighted by Gasteiger charge is -1.85. The van der Waals surface area contributed by atoms with Gasteiger partial charge in [0.2, 0.25) is 0 Å². The fourth-order valence-electron chi connectivity index (χ4n) is 0.396. The first-order chi connectivity index (χ1) is 5.27. The molecule has 0 unspecified atom stereocenters. The Hall–Kier alpha value is -1.31. The fraction of sp³-hybridized carbons (Fsp3) is 0.222. The first kappa shape index (κ1) is 9.69. The molecule has 0 heterocycles. The summed E-state index contributed by atoms with van der Waals surface area (Å²) in [5.41, 5.74) is 1.18. The van der Waals surface area contributed by atoms with Crippen LogP contribution in [0, 0.1) is 0 Å². The normalized spacial score (nSPS) is 10.4. The first-order valence-corrected chi connectivity index (χ1v) is 3.46. The van der Waals surface area contributed by atoms with Crippen LogP contribution in [0.15, 0.2) is 41.7 Å². The van der Waals surface area contributed by atoms with Gasteiger partial charge in [-0.15, -0.1) is 0 Å². The number of allylic oxidation sites excluding steroid dienone is 3. The van der Waals surface area contributed by atoms with E-state index in [4.69, 9.17) is 0 Å². The summed E-state index contributed by atoms with van der Waals surface area (Å²) in [4.78, 5) is 3.96. The fourth-order valence-corrected chi connectivity index (χ4v) is 0.396. The molecule has 11 heavy (non-hydrogen) atoms. The molecule has 60 valence electrons. The third kappa shape index (κ3) is 8.69. The summed E-state index contributed by atoms with van der Waals surface area (Å²) in [6.07, 6.45) is 8.66. The lowest BCUT2D eigenvalue weighted by Crippen LogP contribution is -1.98. The van der Waals surface area contributed by atoms with Gasteiger partial charge in [0.1, 0.15) is 0 Å². The Morgan fingerprint density at radius 3 is 2.73 bits per heavy atom. The van der Waals surface area contributed by atoms with Crippen molar-refractivity contribution >= 4 is 6.34 Å². The van der Waals surface area contributed by atoms with Gasteiger partial charge in [0, 0.05) is 12.4 Å². The Labute approximate surface area is 68.0 Å². The van der Waals surface area contributed by atoms with Gasteiger partial charge in [-0.3, -0.25) is 0 Å². The van der Waals surface area contributed by atoms with Gasteiger partial charge in [0.05, 0.1) is 6.34 Å². The SMILES string of the molecule is C=C/C=C\NC=NC=C(C)C. The number of nitrogens with zero attached hydrogens (tertiary/aromatic N) is 1. The topological polar surface area (TPSA) is 24.4 Å². The van der Waals surface area contributed by atoms with Crippen molar-refractivity contribution in [1.82, 2.24) is 5.32 Å². The van der Waals surface area contributed by atoms with Crippen LogP contribution in [-0.4, -0.2) is 6.34 Å². The smallest absolute Gasteiger partial charge is 0.0918 e. The first-order valence-electron chi connectivity index (χ1n) is 3.46. The quantitative estimate of drug-likeness (QED) is 0.371. The highest BCUT2D eigenvalue weighted by Crippen LogP contribution is 1.86. The molecule has 0 aromatic heterocycles. The van der Waals surface area contributed by atoms with E-state index in [1.807, 2.05) is 13.8 Å². The molecule has 0 spiro atoms. The van der Waals surface area contributed by atoms with Crippen molar-refractivity contribution in [1.29, 1.82) is 0 Å². The minimum atomic E-state index is 1.18. The highest BCUT2D eigenvalue weighted by atomic mass is 14.9. The summed E-state index contributed by atoms with van der Waals surface area (Å²) in [6.45, 7) is 7.52. The second-order valence-electron chi connectivity index (χ2n) is 2.25. The van der Waals surface area contributed by atoms with Crippen LogP contribution < -0.4 is 5.32 Å². The molecule has 0 amide bonds. The van der Waals surface area contributed by atoms with E-state index >= 15 is 0 Å². The standard InChI is InChI=1S/C9H14N2/c1-4-5-6-10-8-11-7-9(2)3/h4-8H,1H2,2-3H3,(H,10,11)/b6-5-. The maximum atomic E-state index is 3.96. The molecule has 0 saturated carbocycles. The van der Waals surface area contributed by atoms with Gasteiger partial charge in [0.15, 0.2) is 0 Å². The zero-order valence-electron chi connectivity index (χ0n) is 7.04. The van der Waals surface area contributed by atoms with Crippen molar-refractivity contribution in [2.45, 2.75) is 13.8 Å². The van der Waals surface area contributed by atoms with Gasteiger partial charge in [-0.2, -0.15) is 0 Å². The summed E-state index contributed by atoms with van der Waals surface area (Å²) >= 11 is 0. The number of aliphatic imine (C=N–C) groups is 1. The highest BCUT2D eigenvalue weighted by molar-refractivity contribution is 5.56. The third-order valence-corrected chi connectivity index (χ3v) is 0.810. The molecule has 0 saturated heterocycles. The van der Waals surface area contributed by atoms with Crippen LogP contribution in [0.25, 0.3) is 0 Å². The molecule has 0 rings (SSSR count). The van der Waals surface area contributed by atoms with Crippen molar-refractivity contribution < 1.29 is 0 Å². The maximum absolute atomic E-state index is 3.96. The van der Waals surface area contributed by atoms with E-state index in [9.17, 15) is 0 Å². The van der Waals surface area contributed by atoms with E-state index in [-0.39, 0.29) is 0 Å². The van der Waals surface area contributed by atoms with Crippen LogP contribution in [0.4, 0.5) is 0 Å². The lowest BCUT2D eigenvalue weighted by atomic mass is 10.4. The summed E-state index contributed by atoms with van der Waals surface area (Å²) in [5, 5.41) is 2.85. The molecule has 0 aliphatic rings. The molecule has 2 heteroatoms. The van der Waals surface area contributed by atoms with Gasteiger partial charge in [-0.1, -0.05) is 18.2 Å². The Kier molecular flexibility index (Phi) is 5.99. The predicted octanol–water partition coefficient (Wildman–Crippen LogP) is 2.23. The van der Waals surface area contributed by atoms with E-state index in [2.05, 4.69) is 16.9 Å². The van der Waals surface area contributed by atoms with E-state index in [0.29, 0.717) is 0 Å². The Morgan fingerprint density at radius 2 is 2.18 bits per heavy atom. The van der Waals surface area contributed by atoms with Crippen LogP contribution in [0.1, 0.15) is 13.8 Å². The van der Waals surface area contributed by atoms with Crippen molar-refractivity contribution in [3.05, 3.63) is 36.7 Å². The Morgan fingerprint density at radius 1 is 1.45 bits per heavy atom. The molecule has 0 fully saturated rings. The zero-order valence-corrected chi connectivity index (χ0v) is 7.04. The number of nitrogens with one attached hydrogen (secondary N) is 1. The average molecular weight is 150 g/mol. The summed E-state index contributed by atoms with van der Waals surface area (Å²) in [6, 6.07) is 0. The molecule has 0 aromatic carbocycles. The minimum Gasteiger partial charge on any atom is -0.353 e. The molecule has 2 nitrogen and oxygen atoms in total. The second kappa shape index (κ2) is 6.81. The minimum absolute atomic E-state index is 1.18. The van der Waals surface area contributed by atoms with E-state index < -0.39 is 0 Å². The maximum Gasteiger partial charge on any atom is 0.0918 e. The summed E-state index contributed by atoms with van der Waals surface area (Å²) < 4.78 is 0. The summed E-state index contributed by atoms with van der Waals surface area (Å²) in [5.74, 6) is 0. The van der Waals surface area contributed by atoms with Crippen LogP contribution in [0.5, 0.6) is 0 Å². The van der Waals surface area contributed by atoms with Gasteiger partial charge < -0.3 is 5.32 Å². The van der Waals surface area contributed by atoms with Crippen molar-refractivity contribution in [3.8, 4) is 0 Å². The molecular formula is C9H14N2. The van der Waals surface area contributed by atoms with Gasteiger partial charge in [-0.25, -0.2) is 4.99 Å². The lowest BCUT2D eigenvalue weighted by molar-refractivity contribution is 1.28. The van der Waals surface area contributed by atoms with Gasteiger partial charge in [0.25, 0.3) is 0 Å². The molecule has 0 atom stereocenters. The Balaban J connectivity index is 3.53. The Bertz CT molecular complexity index is 184. The second-order valence-corrected chi connectivity index (χ2v) is 2.25. The van der Waals surface area contributed by atoms with Crippen LogP contribution >= 0.6 is 0 Å². The number of hydrogen-bond acceptors (Lipinski definition) is 1. The number of hydrogen-bond donors (Lipinski definition) is 1. The third-order valence-electron chi connectivity index (χ3n) is 0.810. The van der Waals surface area contributed by atoms with E-state index in [1.165, 1.54) is 5.57 Å². The van der Waals surface area contributed by atoms with Crippen LogP contribution in [-0.2, 0) is 0 Å². The molecule has 0 aliphatic heterocycles. The molecule has 0 radical (unpaired) electrons. The molecule has 0 bridgehead atoms. The molecular weight excluding hydrogens is 136 g/mol. The van der Waals surface area contributed by atoms with Crippen LogP contribution in [0.3, 0.4) is 0 Å². The van der Waals surface area contributed by atoms with Crippen molar-refractivity contribution in [2.24, 2.45) is 4.99 Å². The number of rotatable bonds is 4. The average Bonchev–Trinajstić information content (AvgIpc) is 1.96. The molecule has 0 aliphatic carbocycles. The van der Waals surface area contributed by atoms with Crippen molar-refractivity contribution in [3.63, 3.8) is 0 Å². The highest BCUT2D eigenvalue weighted by Gasteiger charge is 1.69.